The van der Waals surface area contributed by atoms with E-state index < -0.39 is 0 Å². The van der Waals surface area contributed by atoms with Gasteiger partial charge in [-0.15, -0.1) is 0 Å². The molecule has 0 spiro atoms. The second-order valence-electron chi connectivity index (χ2n) is 8.55. The number of tetrazole rings is 1. The van der Waals surface area contributed by atoms with Gasteiger partial charge in [0.2, 0.25) is 11.9 Å². The van der Waals surface area contributed by atoms with Crippen molar-refractivity contribution in [2.75, 3.05) is 38.5 Å². The number of carbonyl (C=O) groups is 1. The number of aromatic nitrogens is 4. The number of nitrogens with zero attached hydrogens (tertiary/aromatic N) is 6. The van der Waals surface area contributed by atoms with Crippen LogP contribution in [0.2, 0.25) is 0 Å². The summed E-state index contributed by atoms with van der Waals surface area (Å²) in [6, 6.07) is 0.799. The molecule has 9 heteroatoms. The third kappa shape index (κ3) is 4.81. The van der Waals surface area contributed by atoms with Gasteiger partial charge in [-0.25, -0.2) is 4.68 Å². The van der Waals surface area contributed by atoms with Gasteiger partial charge in [-0.3, -0.25) is 4.79 Å². The van der Waals surface area contributed by atoms with Crippen molar-refractivity contribution in [1.82, 2.24) is 30.0 Å². The number of rotatable bonds is 7. The molecule has 4 rings (SSSR count). The molecular formula is C19H33N7O2. The first-order valence-electron chi connectivity index (χ1n) is 10.8. The van der Waals surface area contributed by atoms with Gasteiger partial charge in [0.1, 0.15) is 6.54 Å². The number of anilines is 1. The van der Waals surface area contributed by atoms with Gasteiger partial charge in [-0.05, 0) is 68.0 Å². The van der Waals surface area contributed by atoms with Crippen LogP contribution in [0.3, 0.4) is 0 Å². The molecule has 2 saturated heterocycles. The van der Waals surface area contributed by atoms with Gasteiger partial charge in [0.05, 0.1) is 6.10 Å². The molecule has 2 aliphatic heterocycles. The van der Waals surface area contributed by atoms with Crippen molar-refractivity contribution in [1.29, 1.82) is 0 Å². The first-order chi connectivity index (χ1) is 13.7. The Balaban J connectivity index is 1.33. The number of carbonyl (C=O) groups excluding carboxylic acids is 1. The van der Waals surface area contributed by atoms with Gasteiger partial charge < -0.3 is 20.3 Å². The molecule has 3 fully saturated rings. The van der Waals surface area contributed by atoms with Gasteiger partial charge in [-0.2, -0.15) is 0 Å². The van der Waals surface area contributed by atoms with Gasteiger partial charge in [0, 0.05) is 25.7 Å². The summed E-state index contributed by atoms with van der Waals surface area (Å²) >= 11 is 0. The Labute approximate surface area is 166 Å². The molecular weight excluding hydrogens is 358 g/mol. The Kier molecular flexibility index (Phi) is 6.41. The van der Waals surface area contributed by atoms with Crippen LogP contribution in [0.1, 0.15) is 51.4 Å². The number of hydrogen-bond acceptors (Lipinski definition) is 7. The molecule has 1 amide bonds. The molecule has 0 bridgehead atoms. The lowest BCUT2D eigenvalue weighted by atomic mass is 9.94. The largest absolute Gasteiger partial charge is 0.376 e. The second kappa shape index (κ2) is 9.17. The monoisotopic (exact) mass is 391 g/mol. The highest BCUT2D eigenvalue weighted by Gasteiger charge is 2.30. The fraction of sp³-hybridized carbons (Fsp3) is 0.895. The Morgan fingerprint density at radius 2 is 1.89 bits per heavy atom. The number of nitrogens with two attached hydrogens (primary N) is 1. The molecule has 1 atom stereocenters. The van der Waals surface area contributed by atoms with E-state index in [-0.39, 0.29) is 24.5 Å². The van der Waals surface area contributed by atoms with Gasteiger partial charge in [0.15, 0.2) is 0 Å². The summed E-state index contributed by atoms with van der Waals surface area (Å²) < 4.78 is 7.16. The predicted octanol–water partition coefficient (Wildman–Crippen LogP) is 0.918. The van der Waals surface area contributed by atoms with Crippen LogP contribution in [0.25, 0.3) is 0 Å². The van der Waals surface area contributed by atoms with Crippen molar-refractivity contribution >= 4 is 11.9 Å². The highest BCUT2D eigenvalue weighted by Crippen LogP contribution is 2.28. The first-order valence-corrected chi connectivity index (χ1v) is 10.8. The first kappa shape index (κ1) is 19.6. The minimum atomic E-state index is 0.0210. The molecule has 28 heavy (non-hydrogen) atoms. The Bertz CT molecular complexity index is 632. The fourth-order valence-corrected chi connectivity index (χ4v) is 4.95. The molecule has 156 valence electrons. The highest BCUT2D eigenvalue weighted by molar-refractivity contribution is 5.76. The van der Waals surface area contributed by atoms with E-state index in [1.807, 2.05) is 4.90 Å². The number of likely N-dealkylation sites (tertiary alicyclic amines) is 1. The van der Waals surface area contributed by atoms with E-state index in [1.165, 1.54) is 43.2 Å². The number of hydrogen-bond donors (Lipinski definition) is 1. The van der Waals surface area contributed by atoms with Crippen molar-refractivity contribution in [3.63, 3.8) is 0 Å². The van der Waals surface area contributed by atoms with E-state index in [2.05, 4.69) is 20.4 Å². The molecule has 1 aliphatic carbocycles. The fourth-order valence-electron chi connectivity index (χ4n) is 4.95. The van der Waals surface area contributed by atoms with Crippen LogP contribution in [-0.4, -0.2) is 80.8 Å². The Hall–Kier alpha value is -1.74. The minimum absolute atomic E-state index is 0.0210. The van der Waals surface area contributed by atoms with Crippen LogP contribution in [0.4, 0.5) is 5.95 Å². The molecule has 0 aromatic carbocycles. The third-order valence-corrected chi connectivity index (χ3v) is 6.61. The van der Waals surface area contributed by atoms with E-state index in [0.717, 1.165) is 45.1 Å². The van der Waals surface area contributed by atoms with E-state index >= 15 is 0 Å². The normalized spacial score (nSPS) is 24.8. The summed E-state index contributed by atoms with van der Waals surface area (Å²) in [5.41, 5.74) is 5.74. The average molecular weight is 392 g/mol. The average Bonchev–Trinajstić information content (AvgIpc) is 3.46. The molecule has 9 nitrogen and oxygen atoms in total. The lowest BCUT2D eigenvalue weighted by molar-refractivity contribution is -0.134. The maximum Gasteiger partial charge on any atom is 0.244 e. The zero-order chi connectivity index (χ0) is 19.3. The van der Waals surface area contributed by atoms with Gasteiger partial charge in [0.25, 0.3) is 0 Å². The summed E-state index contributed by atoms with van der Waals surface area (Å²) in [5.74, 6) is 0.747. The molecule has 1 aromatic rings. The van der Waals surface area contributed by atoms with E-state index in [1.54, 1.807) is 0 Å². The van der Waals surface area contributed by atoms with Crippen molar-refractivity contribution < 1.29 is 9.53 Å². The summed E-state index contributed by atoms with van der Waals surface area (Å²) in [6.45, 7) is 4.66. The standard InChI is InChI=1S/C19H33N7O2/c20-19-21-22-23-26(19)14-18(27)25(13-17-6-3-11-28-17)12-15-7-9-24(10-8-15)16-4-1-2-5-16/h15-17H,1-14H2,(H2,20,21,23). The molecule has 1 unspecified atom stereocenters. The maximum atomic E-state index is 13.0. The minimum Gasteiger partial charge on any atom is -0.376 e. The zero-order valence-electron chi connectivity index (χ0n) is 16.7. The van der Waals surface area contributed by atoms with E-state index in [9.17, 15) is 4.79 Å². The SMILES string of the molecule is Nc1nnnn1CC(=O)N(CC1CCN(C2CCCC2)CC1)CC1CCCO1. The van der Waals surface area contributed by atoms with Crippen LogP contribution >= 0.6 is 0 Å². The number of piperidine rings is 1. The molecule has 3 heterocycles. The number of nitrogen functional groups attached to an aromatic ring is 1. The van der Waals surface area contributed by atoms with Crippen LogP contribution in [0, 0.1) is 5.92 Å². The van der Waals surface area contributed by atoms with Gasteiger partial charge >= 0.3 is 0 Å². The highest BCUT2D eigenvalue weighted by atomic mass is 16.5. The quantitative estimate of drug-likeness (QED) is 0.737. The van der Waals surface area contributed by atoms with E-state index in [4.69, 9.17) is 10.5 Å². The third-order valence-electron chi connectivity index (χ3n) is 6.61. The van der Waals surface area contributed by atoms with Crippen LogP contribution in [0.15, 0.2) is 0 Å². The topological polar surface area (TPSA) is 102 Å². The summed E-state index contributed by atoms with van der Waals surface area (Å²) in [7, 11) is 0. The predicted molar refractivity (Wildman–Crippen MR) is 104 cm³/mol. The number of amides is 1. The smallest absolute Gasteiger partial charge is 0.244 e. The van der Waals surface area contributed by atoms with Crippen LogP contribution < -0.4 is 5.73 Å². The molecule has 1 aromatic heterocycles. The molecule has 1 saturated carbocycles. The van der Waals surface area contributed by atoms with Gasteiger partial charge in [-0.1, -0.05) is 17.9 Å². The van der Waals surface area contributed by atoms with E-state index in [0.29, 0.717) is 12.5 Å². The lowest BCUT2D eigenvalue weighted by Gasteiger charge is -2.38. The summed E-state index contributed by atoms with van der Waals surface area (Å²) in [4.78, 5) is 17.6. The van der Waals surface area contributed by atoms with Crippen molar-refractivity contribution in [3.05, 3.63) is 0 Å². The Morgan fingerprint density at radius 3 is 2.54 bits per heavy atom. The van der Waals surface area contributed by atoms with Crippen LogP contribution in [0.5, 0.6) is 0 Å². The lowest BCUT2D eigenvalue weighted by Crippen LogP contribution is -2.46. The second-order valence-corrected chi connectivity index (χ2v) is 8.55. The zero-order valence-corrected chi connectivity index (χ0v) is 16.7. The van der Waals surface area contributed by atoms with Crippen molar-refractivity contribution in [2.45, 2.75) is 70.1 Å². The Morgan fingerprint density at radius 1 is 1.11 bits per heavy atom. The van der Waals surface area contributed by atoms with Crippen molar-refractivity contribution in [2.24, 2.45) is 5.92 Å². The van der Waals surface area contributed by atoms with Crippen LogP contribution in [-0.2, 0) is 16.1 Å². The summed E-state index contributed by atoms with van der Waals surface area (Å²) in [6.07, 6.45) is 10.1. The van der Waals surface area contributed by atoms with Crippen molar-refractivity contribution in [3.8, 4) is 0 Å². The number of ether oxygens (including phenoxy) is 1. The molecule has 0 radical (unpaired) electrons. The molecule has 3 aliphatic rings. The summed E-state index contributed by atoms with van der Waals surface area (Å²) in [5, 5.41) is 11.0. The molecule has 2 N–H and O–H groups in total. The maximum absolute atomic E-state index is 13.0.